The van der Waals surface area contributed by atoms with Crippen molar-refractivity contribution in [2.24, 2.45) is 0 Å². The second kappa shape index (κ2) is 8.11. The number of halogens is 3. The van der Waals surface area contributed by atoms with E-state index in [1.807, 2.05) is 6.92 Å². The molecule has 2 rings (SSSR count). The van der Waals surface area contributed by atoms with E-state index in [4.69, 9.17) is 11.6 Å². The maximum Gasteiger partial charge on any atom is 0.258 e. The number of sulfonamides is 1. The molecule has 26 heavy (non-hydrogen) atoms. The molecule has 1 unspecified atom stereocenters. The summed E-state index contributed by atoms with van der Waals surface area (Å²) in [5.41, 5.74) is -0.315. The third-order valence-corrected chi connectivity index (χ3v) is 5.52. The molecule has 2 aromatic rings. The van der Waals surface area contributed by atoms with E-state index in [2.05, 4.69) is 10.0 Å². The fourth-order valence-corrected chi connectivity index (χ4v) is 3.57. The number of hydrogen-bond acceptors (Lipinski definition) is 3. The maximum absolute atomic E-state index is 14.0. The van der Waals surface area contributed by atoms with Crippen molar-refractivity contribution in [3.05, 3.63) is 58.6 Å². The minimum atomic E-state index is -3.90. The van der Waals surface area contributed by atoms with Crippen LogP contribution in [0.3, 0.4) is 0 Å². The monoisotopic (exact) mass is 402 g/mol. The van der Waals surface area contributed by atoms with Gasteiger partial charge in [0.2, 0.25) is 10.0 Å². The Hall–Kier alpha value is -2.03. The van der Waals surface area contributed by atoms with Crippen LogP contribution in [-0.4, -0.2) is 20.4 Å². The normalized spacial score (nSPS) is 12.7. The molecule has 2 aromatic carbocycles. The Kier molecular flexibility index (Phi) is 6.33. The SMILES string of the molecule is CCC(C)NS(=O)(=O)c1ccc(F)c(C(=O)Nc2ccc(F)c(Cl)c2)c1. The van der Waals surface area contributed by atoms with Crippen LogP contribution in [0.2, 0.25) is 5.02 Å². The standard InChI is InChI=1S/C17H17ClF2N2O3S/c1-3-10(2)22-26(24,25)12-5-7-15(19)13(9-12)17(23)21-11-4-6-16(20)14(18)8-11/h4-10,22H,3H2,1-2H3,(H,21,23). The third kappa shape index (κ3) is 4.78. The predicted molar refractivity (Wildman–Crippen MR) is 95.8 cm³/mol. The number of carbonyl (C=O) groups is 1. The van der Waals surface area contributed by atoms with Crippen molar-refractivity contribution in [3.8, 4) is 0 Å². The molecule has 0 aromatic heterocycles. The van der Waals surface area contributed by atoms with Gasteiger partial charge in [0.1, 0.15) is 11.6 Å². The highest BCUT2D eigenvalue weighted by molar-refractivity contribution is 7.89. The van der Waals surface area contributed by atoms with E-state index in [1.165, 1.54) is 6.07 Å². The zero-order valence-electron chi connectivity index (χ0n) is 14.0. The van der Waals surface area contributed by atoms with Gasteiger partial charge in [-0.05, 0) is 49.7 Å². The first-order valence-corrected chi connectivity index (χ1v) is 9.58. The van der Waals surface area contributed by atoms with E-state index < -0.39 is 33.1 Å². The van der Waals surface area contributed by atoms with Crippen molar-refractivity contribution < 1.29 is 22.0 Å². The minimum Gasteiger partial charge on any atom is -0.322 e. The van der Waals surface area contributed by atoms with Crippen LogP contribution >= 0.6 is 11.6 Å². The van der Waals surface area contributed by atoms with Crippen LogP contribution in [0.5, 0.6) is 0 Å². The summed E-state index contributed by atoms with van der Waals surface area (Å²) in [6.07, 6.45) is 0.569. The van der Waals surface area contributed by atoms with Crippen molar-refractivity contribution in [1.82, 2.24) is 4.72 Å². The van der Waals surface area contributed by atoms with Crippen molar-refractivity contribution in [1.29, 1.82) is 0 Å². The van der Waals surface area contributed by atoms with E-state index in [0.717, 1.165) is 30.3 Å². The molecule has 1 amide bonds. The Balaban J connectivity index is 2.31. The second-order valence-electron chi connectivity index (χ2n) is 5.66. The molecular weight excluding hydrogens is 386 g/mol. The molecule has 0 saturated carbocycles. The van der Waals surface area contributed by atoms with Gasteiger partial charge in [-0.15, -0.1) is 0 Å². The fourth-order valence-electron chi connectivity index (χ4n) is 2.03. The summed E-state index contributed by atoms with van der Waals surface area (Å²) in [7, 11) is -3.90. The summed E-state index contributed by atoms with van der Waals surface area (Å²) in [6, 6.07) is 6.07. The zero-order valence-corrected chi connectivity index (χ0v) is 15.6. The van der Waals surface area contributed by atoms with Crippen molar-refractivity contribution in [2.45, 2.75) is 31.2 Å². The first-order valence-electron chi connectivity index (χ1n) is 7.72. The lowest BCUT2D eigenvalue weighted by Crippen LogP contribution is -2.32. The molecule has 2 N–H and O–H groups in total. The van der Waals surface area contributed by atoms with Crippen LogP contribution in [0, 0.1) is 11.6 Å². The number of nitrogens with one attached hydrogen (secondary N) is 2. The summed E-state index contributed by atoms with van der Waals surface area (Å²) in [6.45, 7) is 3.50. The Morgan fingerprint density at radius 1 is 1.15 bits per heavy atom. The molecule has 1 atom stereocenters. The van der Waals surface area contributed by atoms with Crippen molar-refractivity contribution in [3.63, 3.8) is 0 Å². The van der Waals surface area contributed by atoms with Crippen molar-refractivity contribution >= 4 is 33.2 Å². The number of anilines is 1. The van der Waals surface area contributed by atoms with Crippen LogP contribution in [0.4, 0.5) is 14.5 Å². The van der Waals surface area contributed by atoms with Gasteiger partial charge in [0.15, 0.2) is 0 Å². The quantitative estimate of drug-likeness (QED) is 0.768. The van der Waals surface area contributed by atoms with Gasteiger partial charge in [-0.2, -0.15) is 0 Å². The topological polar surface area (TPSA) is 75.3 Å². The average molecular weight is 403 g/mol. The highest BCUT2D eigenvalue weighted by atomic mass is 35.5. The molecule has 0 spiro atoms. The van der Waals surface area contributed by atoms with Crippen molar-refractivity contribution in [2.75, 3.05) is 5.32 Å². The Morgan fingerprint density at radius 2 is 1.81 bits per heavy atom. The Labute approximate surface area is 155 Å². The number of amides is 1. The van der Waals surface area contributed by atoms with Gasteiger partial charge in [0.05, 0.1) is 15.5 Å². The van der Waals surface area contributed by atoms with Gasteiger partial charge in [-0.3, -0.25) is 4.79 Å². The lowest BCUT2D eigenvalue weighted by atomic mass is 10.2. The van der Waals surface area contributed by atoms with Gasteiger partial charge in [0.25, 0.3) is 5.91 Å². The van der Waals surface area contributed by atoms with Crippen LogP contribution in [0.1, 0.15) is 30.6 Å². The van der Waals surface area contributed by atoms with E-state index in [0.29, 0.717) is 6.42 Å². The van der Waals surface area contributed by atoms with Crippen LogP contribution < -0.4 is 10.0 Å². The molecule has 0 aliphatic carbocycles. The van der Waals surface area contributed by atoms with Gasteiger partial charge in [-0.1, -0.05) is 18.5 Å². The second-order valence-corrected chi connectivity index (χ2v) is 7.78. The molecular formula is C17H17ClF2N2O3S. The molecule has 140 valence electrons. The summed E-state index contributed by atoms with van der Waals surface area (Å²) in [4.78, 5) is 12.1. The first kappa shape index (κ1) is 20.3. The lowest BCUT2D eigenvalue weighted by molar-refractivity contribution is 0.102. The molecule has 0 aliphatic rings. The van der Waals surface area contributed by atoms with Gasteiger partial charge in [0, 0.05) is 11.7 Å². The molecule has 0 bridgehead atoms. The van der Waals surface area contributed by atoms with E-state index in [-0.39, 0.29) is 21.6 Å². The largest absolute Gasteiger partial charge is 0.322 e. The molecule has 5 nitrogen and oxygen atoms in total. The zero-order chi connectivity index (χ0) is 19.5. The lowest BCUT2D eigenvalue weighted by Gasteiger charge is -2.13. The summed E-state index contributed by atoms with van der Waals surface area (Å²) in [5.74, 6) is -2.44. The number of carbonyl (C=O) groups excluding carboxylic acids is 1. The minimum absolute atomic E-state index is 0.145. The molecule has 9 heteroatoms. The highest BCUT2D eigenvalue weighted by Gasteiger charge is 2.21. The summed E-state index contributed by atoms with van der Waals surface area (Å²) < 4.78 is 54.2. The van der Waals surface area contributed by atoms with E-state index in [1.54, 1.807) is 6.92 Å². The summed E-state index contributed by atoms with van der Waals surface area (Å²) >= 11 is 5.63. The first-order chi connectivity index (χ1) is 12.1. The molecule has 0 aliphatic heterocycles. The number of benzene rings is 2. The van der Waals surface area contributed by atoms with E-state index in [9.17, 15) is 22.0 Å². The van der Waals surface area contributed by atoms with Gasteiger partial charge in [-0.25, -0.2) is 21.9 Å². The molecule has 0 saturated heterocycles. The number of rotatable bonds is 6. The van der Waals surface area contributed by atoms with Gasteiger partial charge < -0.3 is 5.32 Å². The van der Waals surface area contributed by atoms with Crippen LogP contribution in [-0.2, 0) is 10.0 Å². The Morgan fingerprint density at radius 3 is 2.42 bits per heavy atom. The number of hydrogen-bond donors (Lipinski definition) is 2. The smallest absolute Gasteiger partial charge is 0.258 e. The fraction of sp³-hybridized carbons (Fsp3) is 0.235. The Bertz CT molecular complexity index is 936. The average Bonchev–Trinajstić information content (AvgIpc) is 2.57. The summed E-state index contributed by atoms with van der Waals surface area (Å²) in [5, 5.41) is 2.14. The van der Waals surface area contributed by atoms with E-state index >= 15 is 0 Å². The predicted octanol–water partition coefficient (Wildman–Crippen LogP) is 3.95. The molecule has 0 fully saturated rings. The van der Waals surface area contributed by atoms with Gasteiger partial charge >= 0.3 is 0 Å². The maximum atomic E-state index is 14.0. The van der Waals surface area contributed by atoms with Crippen LogP contribution in [0.15, 0.2) is 41.3 Å². The van der Waals surface area contributed by atoms with Crippen LogP contribution in [0.25, 0.3) is 0 Å². The molecule has 0 radical (unpaired) electrons. The molecule has 0 heterocycles. The highest BCUT2D eigenvalue weighted by Crippen LogP contribution is 2.21. The third-order valence-electron chi connectivity index (χ3n) is 3.64.